The van der Waals surface area contributed by atoms with E-state index in [1.165, 1.54) is 0 Å². The van der Waals surface area contributed by atoms with E-state index in [1.807, 2.05) is 0 Å². The third-order valence-electron chi connectivity index (χ3n) is 1.41. The van der Waals surface area contributed by atoms with Crippen LogP contribution in [-0.4, -0.2) is 26.6 Å². The third kappa shape index (κ3) is 5.81. The van der Waals surface area contributed by atoms with Gasteiger partial charge in [0, 0.05) is 13.0 Å². The molecule has 0 aromatic carbocycles. The Morgan fingerprint density at radius 3 is 2.43 bits per heavy atom. The van der Waals surface area contributed by atoms with E-state index in [0.29, 0.717) is 19.3 Å². The first-order valence-corrected chi connectivity index (χ1v) is 5.50. The van der Waals surface area contributed by atoms with Gasteiger partial charge in [0.2, 0.25) is 0 Å². The molecule has 0 fully saturated rings. The van der Waals surface area contributed by atoms with Gasteiger partial charge in [-0.3, -0.25) is 5.41 Å². The molecule has 0 bridgehead atoms. The lowest BCUT2D eigenvalue weighted by Gasteiger charge is -2.04. The van der Waals surface area contributed by atoms with Gasteiger partial charge in [0.05, 0.1) is 5.84 Å². The molecule has 0 atom stereocenters. The molecule has 8 heteroatoms. The number of alkyl halides is 2. The highest BCUT2D eigenvalue weighted by molar-refractivity contribution is 7.89. The lowest BCUT2D eigenvalue weighted by Crippen LogP contribution is -2.30. The largest absolute Gasteiger partial charge is 0.388 e. The maximum atomic E-state index is 11.7. The van der Waals surface area contributed by atoms with E-state index in [-0.39, 0.29) is 12.4 Å². The topological polar surface area (TPSA) is 96.0 Å². The molecule has 0 aliphatic carbocycles. The molecule has 5 nitrogen and oxygen atoms in total. The van der Waals surface area contributed by atoms with Gasteiger partial charge < -0.3 is 5.73 Å². The van der Waals surface area contributed by atoms with Crippen LogP contribution < -0.4 is 10.5 Å². The summed E-state index contributed by atoms with van der Waals surface area (Å²) in [6, 6.07) is 0. The molecular formula is C6H13F2N3O2S. The Morgan fingerprint density at radius 2 is 2.00 bits per heavy atom. The quantitative estimate of drug-likeness (QED) is 0.331. The van der Waals surface area contributed by atoms with Gasteiger partial charge >= 0.3 is 5.76 Å². The predicted molar refractivity (Wildman–Crippen MR) is 48.7 cm³/mol. The van der Waals surface area contributed by atoms with E-state index in [1.54, 1.807) is 4.72 Å². The molecule has 0 saturated carbocycles. The van der Waals surface area contributed by atoms with Crippen molar-refractivity contribution in [2.45, 2.75) is 25.0 Å². The summed E-state index contributed by atoms with van der Waals surface area (Å²) in [6.07, 6.45) is 1.23. The van der Waals surface area contributed by atoms with E-state index in [9.17, 15) is 17.2 Å². The highest BCUT2D eigenvalue weighted by Gasteiger charge is 2.22. The van der Waals surface area contributed by atoms with Gasteiger partial charge in [-0.1, -0.05) is 0 Å². The molecule has 0 unspecified atom stereocenters. The van der Waals surface area contributed by atoms with Crippen molar-refractivity contribution in [1.82, 2.24) is 4.72 Å². The molecule has 0 amide bonds. The van der Waals surface area contributed by atoms with E-state index in [4.69, 9.17) is 11.1 Å². The standard InChI is InChI=1S/C6H13F2N3O2S/c7-6(8)14(12,13)11-4-2-1-3-5(9)10/h6,11H,1-4H2,(H3,9,10). The summed E-state index contributed by atoms with van der Waals surface area (Å²) in [4.78, 5) is 0. The normalized spacial score (nSPS) is 11.9. The molecule has 0 heterocycles. The maximum Gasteiger partial charge on any atom is 0.350 e. The molecule has 0 radical (unpaired) electrons. The van der Waals surface area contributed by atoms with E-state index in [0.717, 1.165) is 0 Å². The van der Waals surface area contributed by atoms with Crippen LogP contribution in [0.1, 0.15) is 19.3 Å². The van der Waals surface area contributed by atoms with Crippen LogP contribution >= 0.6 is 0 Å². The molecule has 4 N–H and O–H groups in total. The van der Waals surface area contributed by atoms with E-state index < -0.39 is 15.8 Å². The van der Waals surface area contributed by atoms with Gasteiger partial charge in [0.15, 0.2) is 0 Å². The van der Waals surface area contributed by atoms with Crippen LogP contribution in [0.15, 0.2) is 0 Å². The Hall–Kier alpha value is -0.760. The van der Waals surface area contributed by atoms with Crippen LogP contribution in [0.2, 0.25) is 0 Å². The summed E-state index contributed by atoms with van der Waals surface area (Å²) in [7, 11) is -4.47. The Balaban J connectivity index is 3.60. The fraction of sp³-hybridized carbons (Fsp3) is 0.833. The SMILES string of the molecule is N=C(N)CCCCNS(=O)(=O)C(F)F. The molecule has 0 aromatic heterocycles. The number of amidine groups is 1. The number of rotatable bonds is 7. The summed E-state index contributed by atoms with van der Waals surface area (Å²) in [6.45, 7) is -0.0556. The van der Waals surface area contributed by atoms with Gasteiger partial charge in [-0.15, -0.1) is 0 Å². The number of halogens is 2. The zero-order chi connectivity index (χ0) is 11.2. The van der Waals surface area contributed by atoms with Crippen molar-refractivity contribution >= 4 is 15.9 Å². The number of unbranched alkanes of at least 4 members (excludes halogenated alkanes) is 1. The Labute approximate surface area is 81.2 Å². The van der Waals surface area contributed by atoms with Gasteiger partial charge in [-0.2, -0.15) is 8.78 Å². The summed E-state index contributed by atoms with van der Waals surface area (Å²) in [5, 5.41) is 6.84. The lowest BCUT2D eigenvalue weighted by atomic mass is 10.2. The summed E-state index contributed by atoms with van der Waals surface area (Å²) < 4.78 is 46.2. The first kappa shape index (κ1) is 13.2. The molecule has 14 heavy (non-hydrogen) atoms. The summed E-state index contributed by atoms with van der Waals surface area (Å²) in [5.41, 5.74) is 5.03. The van der Waals surface area contributed by atoms with Crippen LogP contribution in [0, 0.1) is 5.41 Å². The van der Waals surface area contributed by atoms with Crippen molar-refractivity contribution in [3.63, 3.8) is 0 Å². The minimum Gasteiger partial charge on any atom is -0.388 e. The highest BCUT2D eigenvalue weighted by atomic mass is 32.2. The minimum atomic E-state index is -4.47. The van der Waals surface area contributed by atoms with Crippen LogP contribution in [0.3, 0.4) is 0 Å². The van der Waals surface area contributed by atoms with Crippen molar-refractivity contribution in [1.29, 1.82) is 5.41 Å². The van der Waals surface area contributed by atoms with Crippen LogP contribution in [0.4, 0.5) is 8.78 Å². The summed E-state index contributed by atoms with van der Waals surface area (Å²) in [5.74, 6) is -3.39. The van der Waals surface area contributed by atoms with E-state index >= 15 is 0 Å². The van der Waals surface area contributed by atoms with E-state index in [2.05, 4.69) is 0 Å². The smallest absolute Gasteiger partial charge is 0.350 e. The minimum absolute atomic E-state index is 0.00159. The Morgan fingerprint density at radius 1 is 1.43 bits per heavy atom. The maximum absolute atomic E-state index is 11.7. The molecular weight excluding hydrogens is 216 g/mol. The number of nitrogens with two attached hydrogens (primary N) is 1. The van der Waals surface area contributed by atoms with Crippen molar-refractivity contribution in [3.05, 3.63) is 0 Å². The van der Waals surface area contributed by atoms with Gasteiger partial charge in [-0.05, 0) is 12.8 Å². The number of hydrogen-bond donors (Lipinski definition) is 3. The van der Waals surface area contributed by atoms with Gasteiger partial charge in [0.25, 0.3) is 10.0 Å². The lowest BCUT2D eigenvalue weighted by molar-refractivity contribution is 0.232. The first-order valence-electron chi connectivity index (χ1n) is 3.96. The van der Waals surface area contributed by atoms with Crippen molar-refractivity contribution in [2.75, 3.05) is 6.54 Å². The van der Waals surface area contributed by atoms with Crippen LogP contribution in [0.5, 0.6) is 0 Å². The van der Waals surface area contributed by atoms with Crippen molar-refractivity contribution in [2.24, 2.45) is 5.73 Å². The number of nitrogens with one attached hydrogen (secondary N) is 2. The Kier molecular flexibility index (Phi) is 5.55. The molecule has 0 aliphatic rings. The zero-order valence-corrected chi connectivity index (χ0v) is 8.28. The zero-order valence-electron chi connectivity index (χ0n) is 7.46. The fourth-order valence-corrected chi connectivity index (χ4v) is 1.27. The molecule has 0 aromatic rings. The second kappa shape index (κ2) is 5.86. The Bertz CT molecular complexity index is 279. The highest BCUT2D eigenvalue weighted by Crippen LogP contribution is 2.02. The predicted octanol–water partition coefficient (Wildman–Crippen LogP) is 0.235. The van der Waals surface area contributed by atoms with Crippen molar-refractivity contribution < 1.29 is 17.2 Å². The third-order valence-corrected chi connectivity index (χ3v) is 2.49. The fourth-order valence-electron chi connectivity index (χ4n) is 0.718. The second-order valence-electron chi connectivity index (χ2n) is 2.68. The van der Waals surface area contributed by atoms with Gasteiger partial charge in [0.1, 0.15) is 0 Å². The molecule has 0 rings (SSSR count). The average Bonchev–Trinajstić information content (AvgIpc) is 2.02. The van der Waals surface area contributed by atoms with Gasteiger partial charge in [-0.25, -0.2) is 13.1 Å². The first-order chi connectivity index (χ1) is 6.36. The molecule has 84 valence electrons. The number of hydrogen-bond acceptors (Lipinski definition) is 3. The molecule has 0 spiro atoms. The number of sulfonamides is 1. The molecule has 0 saturated heterocycles. The molecule has 0 aliphatic heterocycles. The van der Waals surface area contributed by atoms with Crippen molar-refractivity contribution in [3.8, 4) is 0 Å². The van der Waals surface area contributed by atoms with Crippen LogP contribution in [0.25, 0.3) is 0 Å². The second-order valence-corrected chi connectivity index (χ2v) is 4.42. The average molecular weight is 229 g/mol. The monoisotopic (exact) mass is 229 g/mol. The van der Waals surface area contributed by atoms with Crippen LogP contribution in [-0.2, 0) is 10.0 Å². The summed E-state index contributed by atoms with van der Waals surface area (Å²) >= 11 is 0.